The van der Waals surface area contributed by atoms with Crippen LogP contribution in [0.2, 0.25) is 23.2 Å². The largest absolute Gasteiger partial charge is 0.418 e. The molecule has 2 unspecified atom stereocenters. The monoisotopic (exact) mass is 527 g/mol. The van der Waals surface area contributed by atoms with Gasteiger partial charge >= 0.3 is 0 Å². The molecule has 0 amide bonds. The van der Waals surface area contributed by atoms with E-state index in [0.29, 0.717) is 27.7 Å². The molecule has 0 saturated heterocycles. The zero-order chi connectivity index (χ0) is 26.8. The number of nitriles is 1. The van der Waals surface area contributed by atoms with Crippen LogP contribution in [0.1, 0.15) is 50.8 Å². The second-order valence-electron chi connectivity index (χ2n) is 10.2. The molecule has 11 heteroatoms. The Balaban J connectivity index is 2.00. The molecule has 1 N–H and O–H groups in total. The maximum Gasteiger partial charge on any atom is 0.269 e. The van der Waals surface area contributed by atoms with Crippen molar-refractivity contribution in [1.29, 1.82) is 5.26 Å². The van der Waals surface area contributed by atoms with Crippen molar-refractivity contribution >= 4 is 31.3 Å². The molecule has 3 aromatic rings. The molecule has 9 nitrogen and oxygen atoms in total. The van der Waals surface area contributed by atoms with Gasteiger partial charge in [-0.1, -0.05) is 32.4 Å². The summed E-state index contributed by atoms with van der Waals surface area (Å²) in [5, 5.41) is 32.5. The SMILES string of the molecule is Cc1c(NC(c2nnc(-c3ccc([N+](=O)[O-])cc3)o2)C(C)O[Si](C)(C)C(C)(C)C)ccc(C#N)c1Cl. The fourth-order valence-electron chi connectivity index (χ4n) is 3.39. The maximum absolute atomic E-state index is 11.0. The summed E-state index contributed by atoms with van der Waals surface area (Å²) in [6, 6.07) is 10.9. The summed E-state index contributed by atoms with van der Waals surface area (Å²) < 4.78 is 12.7. The summed E-state index contributed by atoms with van der Waals surface area (Å²) in [6.07, 6.45) is -0.357. The third kappa shape index (κ3) is 5.75. The van der Waals surface area contributed by atoms with Crippen LogP contribution in [0, 0.1) is 28.4 Å². The lowest BCUT2D eigenvalue weighted by molar-refractivity contribution is -0.384. The Bertz CT molecular complexity index is 1300. The van der Waals surface area contributed by atoms with Crippen LogP contribution in [0.15, 0.2) is 40.8 Å². The molecule has 2 aromatic carbocycles. The van der Waals surface area contributed by atoms with Crippen LogP contribution in [0.4, 0.5) is 11.4 Å². The highest BCUT2D eigenvalue weighted by molar-refractivity contribution is 6.74. The molecule has 0 fully saturated rings. The Kier molecular flexibility index (Phi) is 7.88. The molecule has 3 rings (SSSR count). The van der Waals surface area contributed by atoms with Crippen molar-refractivity contribution in [2.75, 3.05) is 5.32 Å². The van der Waals surface area contributed by atoms with Crippen LogP contribution in [-0.2, 0) is 4.43 Å². The van der Waals surface area contributed by atoms with E-state index in [0.717, 1.165) is 5.56 Å². The van der Waals surface area contributed by atoms with Gasteiger partial charge in [0, 0.05) is 23.4 Å². The van der Waals surface area contributed by atoms with Crippen molar-refractivity contribution < 1.29 is 13.8 Å². The topological polar surface area (TPSA) is 127 Å². The first-order chi connectivity index (χ1) is 16.7. The third-order valence-electron chi connectivity index (χ3n) is 6.61. The van der Waals surface area contributed by atoms with Gasteiger partial charge < -0.3 is 14.2 Å². The lowest BCUT2D eigenvalue weighted by Crippen LogP contribution is -2.45. The van der Waals surface area contributed by atoms with Crippen molar-refractivity contribution in [2.24, 2.45) is 0 Å². The molecule has 0 aliphatic rings. The quantitative estimate of drug-likeness (QED) is 0.187. The molecule has 0 saturated carbocycles. The highest BCUT2D eigenvalue weighted by atomic mass is 35.5. The van der Waals surface area contributed by atoms with Crippen LogP contribution < -0.4 is 5.32 Å². The minimum absolute atomic E-state index is 0.0156. The zero-order valence-corrected chi connectivity index (χ0v) is 23.2. The predicted molar refractivity (Wildman–Crippen MR) is 141 cm³/mol. The maximum atomic E-state index is 11.0. The average molecular weight is 528 g/mol. The van der Waals surface area contributed by atoms with E-state index in [2.05, 4.69) is 55.4 Å². The Labute approximate surface area is 216 Å². The van der Waals surface area contributed by atoms with Gasteiger partial charge in [0.15, 0.2) is 8.32 Å². The van der Waals surface area contributed by atoms with E-state index < -0.39 is 19.3 Å². The average Bonchev–Trinajstić information content (AvgIpc) is 3.29. The van der Waals surface area contributed by atoms with Crippen molar-refractivity contribution in [3.8, 4) is 17.5 Å². The summed E-state index contributed by atoms with van der Waals surface area (Å²) in [7, 11) is -2.16. The molecule has 0 aliphatic heterocycles. The van der Waals surface area contributed by atoms with Crippen LogP contribution >= 0.6 is 11.6 Å². The van der Waals surface area contributed by atoms with Crippen molar-refractivity contribution in [2.45, 2.75) is 64.9 Å². The molecule has 36 heavy (non-hydrogen) atoms. The first-order valence-electron chi connectivity index (χ1n) is 11.5. The number of halogens is 1. The van der Waals surface area contributed by atoms with Gasteiger partial charge in [0.05, 0.1) is 21.6 Å². The van der Waals surface area contributed by atoms with Gasteiger partial charge in [0.1, 0.15) is 12.1 Å². The van der Waals surface area contributed by atoms with E-state index in [9.17, 15) is 15.4 Å². The van der Waals surface area contributed by atoms with Crippen LogP contribution in [0.3, 0.4) is 0 Å². The van der Waals surface area contributed by atoms with Crippen LogP contribution in [-0.4, -0.2) is 29.5 Å². The number of nitro groups is 1. The second kappa shape index (κ2) is 10.4. The van der Waals surface area contributed by atoms with Gasteiger partial charge in [0.2, 0.25) is 11.8 Å². The summed E-state index contributed by atoms with van der Waals surface area (Å²) in [5.74, 6) is 0.537. The standard InChI is InChI=1S/C25H30ClN5O4Si/c1-15-20(13-10-18(14-27)21(15)26)28-22(16(2)35-36(6,7)25(3,4)5)24-30-29-23(34-24)17-8-11-19(12-9-17)31(32)33/h8-13,16,22,28H,1-7H3. The number of nitrogens with zero attached hydrogens (tertiary/aromatic N) is 4. The summed E-state index contributed by atoms with van der Waals surface area (Å²) in [4.78, 5) is 10.5. The molecule has 0 radical (unpaired) electrons. The molecule has 190 valence electrons. The highest BCUT2D eigenvalue weighted by Gasteiger charge is 2.41. The predicted octanol–water partition coefficient (Wildman–Crippen LogP) is 7.04. The van der Waals surface area contributed by atoms with Gasteiger partial charge in [-0.2, -0.15) is 5.26 Å². The summed E-state index contributed by atoms with van der Waals surface area (Å²) in [5.41, 5.74) is 2.36. The number of anilines is 1. The van der Waals surface area contributed by atoms with Gasteiger partial charge in [-0.25, -0.2) is 0 Å². The Hall–Kier alpha value is -3.26. The molecule has 0 aliphatic carbocycles. The number of nitro benzene ring substituents is 1. The smallest absolute Gasteiger partial charge is 0.269 e. The number of hydrogen-bond donors (Lipinski definition) is 1. The van der Waals surface area contributed by atoms with Gasteiger partial charge in [-0.3, -0.25) is 10.1 Å². The van der Waals surface area contributed by atoms with Gasteiger partial charge in [-0.05, 0) is 61.8 Å². The third-order valence-corrected chi connectivity index (χ3v) is 11.7. The zero-order valence-electron chi connectivity index (χ0n) is 21.4. The highest BCUT2D eigenvalue weighted by Crippen LogP contribution is 2.40. The Morgan fingerprint density at radius 1 is 1.19 bits per heavy atom. The van der Waals surface area contributed by atoms with Crippen molar-refractivity contribution in [3.05, 3.63) is 68.6 Å². The number of hydrogen-bond acceptors (Lipinski definition) is 8. The van der Waals surface area contributed by atoms with Crippen molar-refractivity contribution in [3.63, 3.8) is 0 Å². The molecule has 1 aromatic heterocycles. The molecular formula is C25H30ClN5O4Si. The minimum atomic E-state index is -2.16. The molecular weight excluding hydrogens is 498 g/mol. The normalized spacial score (nSPS) is 13.6. The van der Waals surface area contributed by atoms with Crippen LogP contribution in [0.5, 0.6) is 0 Å². The Morgan fingerprint density at radius 3 is 2.39 bits per heavy atom. The van der Waals surface area contributed by atoms with Crippen LogP contribution in [0.25, 0.3) is 11.5 Å². The van der Waals surface area contributed by atoms with Crippen molar-refractivity contribution in [1.82, 2.24) is 10.2 Å². The second-order valence-corrected chi connectivity index (χ2v) is 15.3. The first kappa shape index (κ1) is 27.3. The molecule has 0 spiro atoms. The molecule has 2 atom stereocenters. The summed E-state index contributed by atoms with van der Waals surface area (Å²) >= 11 is 6.41. The number of rotatable bonds is 8. The number of benzene rings is 2. The minimum Gasteiger partial charge on any atom is -0.418 e. The number of nitrogens with one attached hydrogen (secondary N) is 1. The van der Waals surface area contributed by atoms with E-state index in [-0.39, 0.29) is 22.7 Å². The summed E-state index contributed by atoms with van der Waals surface area (Å²) in [6.45, 7) is 14.6. The van der Waals surface area contributed by atoms with E-state index in [1.807, 2.05) is 13.8 Å². The fourth-order valence-corrected chi connectivity index (χ4v) is 5.01. The van der Waals surface area contributed by atoms with E-state index in [4.69, 9.17) is 20.4 Å². The van der Waals surface area contributed by atoms with E-state index in [1.165, 1.54) is 12.1 Å². The fraction of sp³-hybridized carbons (Fsp3) is 0.400. The Morgan fingerprint density at radius 2 is 1.83 bits per heavy atom. The van der Waals surface area contributed by atoms with E-state index in [1.54, 1.807) is 24.3 Å². The van der Waals surface area contributed by atoms with Gasteiger partial charge in [-0.15, -0.1) is 10.2 Å². The number of aromatic nitrogens is 2. The lowest BCUT2D eigenvalue weighted by Gasteiger charge is -2.40. The first-order valence-corrected chi connectivity index (χ1v) is 14.8. The molecule has 0 bridgehead atoms. The van der Waals surface area contributed by atoms with Gasteiger partial charge in [0.25, 0.3) is 5.69 Å². The number of non-ortho nitro benzene ring substituents is 1. The van der Waals surface area contributed by atoms with E-state index >= 15 is 0 Å². The lowest BCUT2D eigenvalue weighted by atomic mass is 10.1. The molecule has 1 heterocycles.